The number of amides is 1. The van der Waals surface area contributed by atoms with Gasteiger partial charge in [0.1, 0.15) is 10.5 Å². The number of carbonyl (C=O) groups excluding carboxylic acids is 1. The molecule has 0 saturated carbocycles. The number of likely N-dealkylation sites (N-methyl/N-ethyl adjacent to an activating group) is 1. The molecule has 5 nitrogen and oxygen atoms in total. The first kappa shape index (κ1) is 15.8. The molecule has 2 rings (SSSR count). The molecule has 0 radical (unpaired) electrons. The van der Waals surface area contributed by atoms with E-state index in [0.717, 1.165) is 23.3 Å². The average Bonchev–Trinajstić information content (AvgIpc) is 2.78. The van der Waals surface area contributed by atoms with Gasteiger partial charge in [0.05, 0.1) is 0 Å². The number of carboxylic acid groups (broad SMARTS) is 1. The summed E-state index contributed by atoms with van der Waals surface area (Å²) in [6, 6.07) is 1.82. The molecule has 0 bridgehead atoms. The summed E-state index contributed by atoms with van der Waals surface area (Å²) in [5.41, 5.74) is 0.594. The zero-order chi connectivity index (χ0) is 15.8. The molecule has 1 aromatic heterocycles. The van der Waals surface area contributed by atoms with Crippen molar-refractivity contribution in [2.75, 3.05) is 7.05 Å². The van der Waals surface area contributed by atoms with Gasteiger partial charge in [-0.25, -0.2) is 9.59 Å². The van der Waals surface area contributed by atoms with Gasteiger partial charge in [-0.2, -0.15) is 0 Å². The van der Waals surface area contributed by atoms with E-state index in [-0.39, 0.29) is 12.1 Å². The van der Waals surface area contributed by atoms with Crippen molar-refractivity contribution in [3.05, 3.63) is 21.4 Å². The number of carbonyl (C=O) groups is 2. The van der Waals surface area contributed by atoms with Crippen LogP contribution in [-0.4, -0.2) is 40.8 Å². The molecule has 1 amide bonds. The van der Waals surface area contributed by atoms with Crippen LogP contribution in [0.5, 0.6) is 0 Å². The first-order valence-corrected chi connectivity index (χ1v) is 7.79. The van der Waals surface area contributed by atoms with Crippen molar-refractivity contribution in [3.63, 3.8) is 0 Å². The van der Waals surface area contributed by atoms with Gasteiger partial charge in [0, 0.05) is 24.4 Å². The van der Waals surface area contributed by atoms with Gasteiger partial charge < -0.3 is 14.7 Å². The third-order valence-corrected chi connectivity index (χ3v) is 4.69. The van der Waals surface area contributed by atoms with Crippen molar-refractivity contribution in [2.24, 2.45) is 0 Å². The fraction of sp³-hybridized carbons (Fsp3) is 0.600. The smallest absolute Gasteiger partial charge is 0.410 e. The second-order valence-electron chi connectivity index (χ2n) is 6.35. The van der Waals surface area contributed by atoms with Crippen LogP contribution in [0.15, 0.2) is 6.07 Å². The summed E-state index contributed by atoms with van der Waals surface area (Å²) in [4.78, 5) is 26.2. The molecule has 0 aromatic carbocycles. The van der Waals surface area contributed by atoms with Crippen LogP contribution in [0.3, 0.4) is 0 Å². The highest BCUT2D eigenvalue weighted by Crippen LogP contribution is 2.31. The van der Waals surface area contributed by atoms with E-state index in [2.05, 4.69) is 0 Å². The summed E-state index contributed by atoms with van der Waals surface area (Å²) in [5.74, 6) is -0.883. The Kier molecular flexibility index (Phi) is 4.27. The van der Waals surface area contributed by atoms with E-state index in [9.17, 15) is 9.59 Å². The Morgan fingerprint density at radius 2 is 2.10 bits per heavy atom. The fourth-order valence-electron chi connectivity index (χ4n) is 2.41. The van der Waals surface area contributed by atoms with Crippen molar-refractivity contribution < 1.29 is 19.4 Å². The molecular formula is C15H21NO4S. The van der Waals surface area contributed by atoms with Crippen LogP contribution in [0.2, 0.25) is 0 Å². The van der Waals surface area contributed by atoms with E-state index in [1.165, 1.54) is 11.3 Å². The number of aromatic carboxylic acids is 1. The van der Waals surface area contributed by atoms with Crippen LogP contribution in [0.4, 0.5) is 4.79 Å². The highest BCUT2D eigenvalue weighted by Gasteiger charge is 2.30. The Bertz CT molecular complexity index is 559. The van der Waals surface area contributed by atoms with Crippen molar-refractivity contribution in [3.8, 4) is 0 Å². The van der Waals surface area contributed by atoms with Gasteiger partial charge in [-0.3, -0.25) is 0 Å². The molecule has 1 N–H and O–H groups in total. The van der Waals surface area contributed by atoms with Gasteiger partial charge in [-0.15, -0.1) is 11.3 Å². The predicted octanol–water partition coefficient (Wildman–Crippen LogP) is 3.17. The van der Waals surface area contributed by atoms with Crippen LogP contribution >= 0.6 is 11.3 Å². The topological polar surface area (TPSA) is 66.8 Å². The Morgan fingerprint density at radius 1 is 1.43 bits per heavy atom. The van der Waals surface area contributed by atoms with E-state index in [1.54, 1.807) is 18.0 Å². The minimum atomic E-state index is -0.883. The molecule has 21 heavy (non-hydrogen) atoms. The highest BCUT2D eigenvalue weighted by atomic mass is 32.1. The summed E-state index contributed by atoms with van der Waals surface area (Å²) < 4.78 is 5.38. The molecule has 1 aliphatic rings. The molecule has 1 aliphatic carbocycles. The molecule has 0 aliphatic heterocycles. The number of aryl methyl sites for hydroxylation is 1. The standard InChI is InChI=1S/C15H21NO4S/c1-15(2,3)20-14(19)16(4)10-6-5-9-7-12(13(17)18)21-11(9)8-10/h7,10H,5-6,8H2,1-4H3,(H,17,18). The number of carboxylic acids is 1. The number of ether oxygens (including phenoxy) is 1. The maximum atomic E-state index is 12.1. The van der Waals surface area contributed by atoms with E-state index < -0.39 is 11.6 Å². The summed E-state index contributed by atoms with van der Waals surface area (Å²) in [5, 5.41) is 9.05. The Morgan fingerprint density at radius 3 is 2.67 bits per heavy atom. The van der Waals surface area contributed by atoms with Crippen molar-refractivity contribution in [2.45, 2.75) is 51.7 Å². The molecule has 6 heteroatoms. The first-order chi connectivity index (χ1) is 9.67. The van der Waals surface area contributed by atoms with Gasteiger partial charge in [-0.1, -0.05) is 0 Å². The van der Waals surface area contributed by atoms with Crippen LogP contribution in [0.1, 0.15) is 47.3 Å². The molecule has 116 valence electrons. The lowest BCUT2D eigenvalue weighted by Crippen LogP contribution is -2.43. The van der Waals surface area contributed by atoms with Crippen LogP contribution in [0, 0.1) is 0 Å². The molecule has 0 saturated heterocycles. The number of hydrogen-bond donors (Lipinski definition) is 1. The minimum Gasteiger partial charge on any atom is -0.477 e. The normalized spacial score (nSPS) is 18.0. The number of rotatable bonds is 2. The zero-order valence-electron chi connectivity index (χ0n) is 12.8. The summed E-state index contributed by atoms with van der Waals surface area (Å²) in [6.45, 7) is 5.53. The quantitative estimate of drug-likeness (QED) is 0.911. The molecule has 1 heterocycles. The Labute approximate surface area is 128 Å². The van der Waals surface area contributed by atoms with Gasteiger partial charge in [0.2, 0.25) is 0 Å². The van der Waals surface area contributed by atoms with Gasteiger partial charge in [0.25, 0.3) is 0 Å². The molecule has 1 atom stereocenters. The summed E-state index contributed by atoms with van der Waals surface area (Å²) in [7, 11) is 1.75. The largest absolute Gasteiger partial charge is 0.477 e. The lowest BCUT2D eigenvalue weighted by atomic mass is 9.94. The first-order valence-electron chi connectivity index (χ1n) is 6.98. The fourth-order valence-corrected chi connectivity index (χ4v) is 3.53. The number of hydrogen-bond acceptors (Lipinski definition) is 4. The maximum Gasteiger partial charge on any atom is 0.410 e. The maximum absolute atomic E-state index is 12.1. The summed E-state index contributed by atoms with van der Waals surface area (Å²) in [6.07, 6.45) is 2.00. The Balaban J connectivity index is 2.06. The van der Waals surface area contributed by atoms with Crippen LogP contribution in [0.25, 0.3) is 0 Å². The number of nitrogens with zero attached hydrogens (tertiary/aromatic N) is 1. The van der Waals surface area contributed by atoms with E-state index >= 15 is 0 Å². The number of thiophene rings is 1. The molecule has 0 spiro atoms. The van der Waals surface area contributed by atoms with Gasteiger partial charge >= 0.3 is 12.1 Å². The second kappa shape index (κ2) is 5.67. The van der Waals surface area contributed by atoms with Crippen LogP contribution < -0.4 is 0 Å². The molecular weight excluding hydrogens is 290 g/mol. The van der Waals surface area contributed by atoms with Gasteiger partial charge in [-0.05, 0) is 45.2 Å². The zero-order valence-corrected chi connectivity index (χ0v) is 13.6. The van der Waals surface area contributed by atoms with Crippen molar-refractivity contribution in [1.82, 2.24) is 4.90 Å². The SMILES string of the molecule is CN(C(=O)OC(C)(C)C)C1CCc2cc(C(=O)O)sc2C1. The van der Waals surface area contributed by atoms with E-state index in [4.69, 9.17) is 9.84 Å². The van der Waals surface area contributed by atoms with Gasteiger partial charge in [0.15, 0.2) is 0 Å². The number of fused-ring (bicyclic) bond motifs is 1. The monoisotopic (exact) mass is 311 g/mol. The second-order valence-corrected chi connectivity index (χ2v) is 7.49. The van der Waals surface area contributed by atoms with Crippen LogP contribution in [-0.2, 0) is 17.6 Å². The Hall–Kier alpha value is -1.56. The average molecular weight is 311 g/mol. The predicted molar refractivity (Wildman–Crippen MR) is 81.1 cm³/mol. The minimum absolute atomic E-state index is 0.0626. The summed E-state index contributed by atoms with van der Waals surface area (Å²) >= 11 is 1.31. The van der Waals surface area contributed by atoms with Crippen molar-refractivity contribution in [1.29, 1.82) is 0 Å². The van der Waals surface area contributed by atoms with E-state index in [1.807, 2.05) is 20.8 Å². The van der Waals surface area contributed by atoms with E-state index in [0.29, 0.717) is 11.3 Å². The highest BCUT2D eigenvalue weighted by molar-refractivity contribution is 7.14. The molecule has 0 fully saturated rings. The molecule has 1 unspecified atom stereocenters. The molecule has 1 aromatic rings. The third-order valence-electron chi connectivity index (χ3n) is 3.50. The van der Waals surface area contributed by atoms with Crippen molar-refractivity contribution >= 4 is 23.4 Å². The lowest BCUT2D eigenvalue weighted by Gasteiger charge is -2.32. The lowest BCUT2D eigenvalue weighted by molar-refractivity contribution is 0.0211. The third kappa shape index (κ3) is 3.75.